The van der Waals surface area contributed by atoms with Crippen molar-refractivity contribution in [2.45, 2.75) is 59.1 Å². The minimum absolute atomic E-state index is 0.0419. The first-order valence-corrected chi connectivity index (χ1v) is 11.0. The lowest BCUT2D eigenvalue weighted by molar-refractivity contribution is -0.147. The van der Waals surface area contributed by atoms with Gasteiger partial charge in [-0.25, -0.2) is 4.79 Å². The molecule has 1 aromatic rings. The van der Waals surface area contributed by atoms with E-state index in [0.717, 1.165) is 11.3 Å². The highest BCUT2D eigenvalue weighted by atomic mass is 16.6. The summed E-state index contributed by atoms with van der Waals surface area (Å²) >= 11 is 0. The van der Waals surface area contributed by atoms with Gasteiger partial charge in [-0.15, -0.1) is 0 Å². The second-order valence-corrected chi connectivity index (χ2v) is 9.84. The Morgan fingerprint density at radius 2 is 1.88 bits per heavy atom. The highest BCUT2D eigenvalue weighted by molar-refractivity contribution is 5.88. The van der Waals surface area contributed by atoms with Crippen LogP contribution < -0.4 is 4.74 Å². The fraction of sp³-hybridized carbons (Fsp3) is 0.625. The number of carbonyl (C=O) groups is 3. The Labute approximate surface area is 190 Å². The quantitative estimate of drug-likeness (QED) is 0.655. The third-order valence-electron chi connectivity index (χ3n) is 5.20. The molecule has 1 aliphatic heterocycles. The standard InChI is InChI=1S/C24H36N2O6/c1-16(2)11-19(25(6)23(30)32-24(3,4)5)22(29)26(14-21(27)28)13-17-12-18-9-7-8-10-20(18)31-15-17/h7-10,16-17,19H,11-15H2,1-6H3,(H,27,28)/t17?,19-/m0/s1. The lowest BCUT2D eigenvalue weighted by atomic mass is 9.95. The number of ether oxygens (including phenoxy) is 2. The number of carbonyl (C=O) groups excluding carboxylic acids is 2. The van der Waals surface area contributed by atoms with Gasteiger partial charge in [0.2, 0.25) is 5.91 Å². The lowest BCUT2D eigenvalue weighted by Gasteiger charge is -2.36. The molecule has 178 valence electrons. The molecular formula is C24H36N2O6. The van der Waals surface area contributed by atoms with E-state index in [9.17, 15) is 19.5 Å². The van der Waals surface area contributed by atoms with Crippen molar-refractivity contribution in [3.63, 3.8) is 0 Å². The first-order valence-electron chi connectivity index (χ1n) is 11.0. The zero-order valence-electron chi connectivity index (χ0n) is 20.0. The van der Waals surface area contributed by atoms with E-state index in [1.165, 1.54) is 16.8 Å². The third kappa shape index (κ3) is 7.43. The van der Waals surface area contributed by atoms with E-state index in [2.05, 4.69) is 0 Å². The van der Waals surface area contributed by atoms with E-state index in [4.69, 9.17) is 9.47 Å². The van der Waals surface area contributed by atoms with E-state index < -0.39 is 36.2 Å². The molecule has 0 aliphatic carbocycles. The third-order valence-corrected chi connectivity index (χ3v) is 5.20. The molecule has 0 radical (unpaired) electrons. The van der Waals surface area contributed by atoms with Crippen molar-refractivity contribution in [1.29, 1.82) is 0 Å². The summed E-state index contributed by atoms with van der Waals surface area (Å²) in [5.41, 5.74) is 0.334. The number of amides is 2. The zero-order valence-corrected chi connectivity index (χ0v) is 20.0. The largest absolute Gasteiger partial charge is 0.493 e. The molecule has 0 saturated carbocycles. The summed E-state index contributed by atoms with van der Waals surface area (Å²) in [6, 6.07) is 6.89. The smallest absolute Gasteiger partial charge is 0.410 e. The van der Waals surface area contributed by atoms with Crippen LogP contribution in [0.5, 0.6) is 5.75 Å². The molecule has 0 bridgehead atoms. The first kappa shape index (κ1) is 25.5. The predicted octanol–water partition coefficient (Wildman–Crippen LogP) is 3.43. The van der Waals surface area contributed by atoms with Gasteiger partial charge < -0.3 is 19.5 Å². The minimum Gasteiger partial charge on any atom is -0.493 e. The van der Waals surface area contributed by atoms with Gasteiger partial charge in [0.25, 0.3) is 0 Å². The molecule has 1 aliphatic rings. The average Bonchev–Trinajstić information content (AvgIpc) is 2.68. The summed E-state index contributed by atoms with van der Waals surface area (Å²) in [6.45, 7) is 9.38. The number of aliphatic carboxylic acids is 1. The molecule has 0 spiro atoms. The zero-order chi connectivity index (χ0) is 24.1. The molecule has 1 aromatic carbocycles. The van der Waals surface area contributed by atoms with E-state index >= 15 is 0 Å². The highest BCUT2D eigenvalue weighted by Gasteiger charge is 2.35. The Hall–Kier alpha value is -2.77. The number of carboxylic acids is 1. The number of benzene rings is 1. The van der Waals surface area contributed by atoms with E-state index in [1.807, 2.05) is 38.1 Å². The highest BCUT2D eigenvalue weighted by Crippen LogP contribution is 2.27. The topological polar surface area (TPSA) is 96.4 Å². The van der Waals surface area contributed by atoms with Crippen molar-refractivity contribution in [3.05, 3.63) is 29.8 Å². The van der Waals surface area contributed by atoms with Gasteiger partial charge in [0.05, 0.1) is 6.61 Å². The van der Waals surface area contributed by atoms with Crippen LogP contribution >= 0.6 is 0 Å². The van der Waals surface area contributed by atoms with E-state index in [1.54, 1.807) is 20.8 Å². The van der Waals surface area contributed by atoms with Crippen molar-refractivity contribution in [2.24, 2.45) is 11.8 Å². The van der Waals surface area contributed by atoms with Gasteiger partial charge in [-0.1, -0.05) is 32.0 Å². The predicted molar refractivity (Wildman–Crippen MR) is 121 cm³/mol. The van der Waals surface area contributed by atoms with Crippen molar-refractivity contribution < 1.29 is 29.0 Å². The number of fused-ring (bicyclic) bond motifs is 1. The van der Waals surface area contributed by atoms with Crippen molar-refractivity contribution >= 4 is 18.0 Å². The molecule has 2 amide bonds. The number of hydrogen-bond donors (Lipinski definition) is 1. The normalized spacial score (nSPS) is 16.5. The Kier molecular flexibility index (Phi) is 8.52. The van der Waals surface area contributed by atoms with Crippen LogP contribution in [-0.4, -0.2) is 71.3 Å². The molecule has 1 heterocycles. The molecule has 8 nitrogen and oxygen atoms in total. The van der Waals surface area contributed by atoms with Crippen LogP contribution in [0.15, 0.2) is 24.3 Å². The van der Waals surface area contributed by atoms with Crippen molar-refractivity contribution in [1.82, 2.24) is 9.80 Å². The number of carboxylic acid groups (broad SMARTS) is 1. The molecule has 32 heavy (non-hydrogen) atoms. The maximum absolute atomic E-state index is 13.5. The van der Waals surface area contributed by atoms with E-state index in [-0.39, 0.29) is 18.4 Å². The second-order valence-electron chi connectivity index (χ2n) is 9.84. The van der Waals surface area contributed by atoms with Gasteiger partial charge in [0, 0.05) is 19.5 Å². The van der Waals surface area contributed by atoms with Gasteiger partial charge >= 0.3 is 12.1 Å². The molecule has 1 N–H and O–H groups in total. The number of nitrogens with zero attached hydrogens (tertiary/aromatic N) is 2. The first-order chi connectivity index (χ1) is 14.9. The summed E-state index contributed by atoms with van der Waals surface area (Å²) in [7, 11) is 1.53. The number of para-hydroxylation sites is 1. The van der Waals surface area contributed by atoms with Crippen LogP contribution in [0.4, 0.5) is 4.79 Å². The Morgan fingerprint density at radius 1 is 1.22 bits per heavy atom. The van der Waals surface area contributed by atoms with Crippen molar-refractivity contribution in [3.8, 4) is 5.75 Å². The van der Waals surface area contributed by atoms with Gasteiger partial charge in [0.1, 0.15) is 23.9 Å². The molecule has 0 fully saturated rings. The SMILES string of the molecule is CC(C)C[C@@H](C(=O)N(CC(=O)O)CC1COc2ccccc2C1)N(C)C(=O)OC(C)(C)C. The molecule has 2 rings (SSSR count). The summed E-state index contributed by atoms with van der Waals surface area (Å²) < 4.78 is 11.3. The van der Waals surface area contributed by atoms with Crippen LogP contribution in [0.1, 0.15) is 46.6 Å². The maximum Gasteiger partial charge on any atom is 0.410 e. The van der Waals surface area contributed by atoms with Gasteiger partial charge in [0.15, 0.2) is 0 Å². The van der Waals surface area contributed by atoms with Crippen LogP contribution in [0, 0.1) is 11.8 Å². The molecule has 0 saturated heterocycles. The van der Waals surface area contributed by atoms with Crippen molar-refractivity contribution in [2.75, 3.05) is 26.7 Å². The Bertz CT molecular complexity index is 817. The van der Waals surface area contributed by atoms with Gasteiger partial charge in [-0.3, -0.25) is 14.5 Å². The van der Waals surface area contributed by atoms with Crippen LogP contribution in [0.25, 0.3) is 0 Å². The number of rotatable bonds is 8. The van der Waals surface area contributed by atoms with Crippen LogP contribution in [0.3, 0.4) is 0 Å². The average molecular weight is 449 g/mol. The maximum atomic E-state index is 13.5. The molecule has 0 aromatic heterocycles. The van der Waals surface area contributed by atoms with E-state index in [0.29, 0.717) is 19.4 Å². The fourth-order valence-corrected chi connectivity index (χ4v) is 3.76. The summed E-state index contributed by atoms with van der Waals surface area (Å²) in [4.78, 5) is 40.4. The van der Waals surface area contributed by atoms with Gasteiger partial charge in [-0.05, 0) is 51.2 Å². The van der Waals surface area contributed by atoms with Crippen LogP contribution in [0.2, 0.25) is 0 Å². The summed E-state index contributed by atoms with van der Waals surface area (Å²) in [5, 5.41) is 9.45. The Balaban J connectivity index is 2.21. The molecular weight excluding hydrogens is 412 g/mol. The summed E-state index contributed by atoms with van der Waals surface area (Å²) in [5.74, 6) is -0.598. The molecule has 1 unspecified atom stereocenters. The summed E-state index contributed by atoms with van der Waals surface area (Å²) in [6.07, 6.45) is 0.479. The monoisotopic (exact) mass is 448 g/mol. The van der Waals surface area contributed by atoms with Crippen LogP contribution in [-0.2, 0) is 20.7 Å². The minimum atomic E-state index is -1.10. The van der Waals surface area contributed by atoms with Gasteiger partial charge in [-0.2, -0.15) is 0 Å². The Morgan fingerprint density at radius 3 is 2.47 bits per heavy atom. The second kappa shape index (κ2) is 10.7. The molecule has 2 atom stereocenters. The number of hydrogen-bond acceptors (Lipinski definition) is 5. The fourth-order valence-electron chi connectivity index (χ4n) is 3.76. The molecule has 8 heteroatoms. The lowest BCUT2D eigenvalue weighted by Crippen LogP contribution is -2.53. The number of likely N-dealkylation sites (N-methyl/N-ethyl adjacent to an activating group) is 1.